The fourth-order valence-corrected chi connectivity index (χ4v) is 3.45. The molecule has 132 valence electrons. The van der Waals surface area contributed by atoms with Gasteiger partial charge in [-0.15, -0.1) is 0 Å². The highest BCUT2D eigenvalue weighted by molar-refractivity contribution is 6.37. The molecule has 27 heavy (non-hydrogen) atoms. The number of aliphatic imine (C=N–C) groups is 1. The van der Waals surface area contributed by atoms with Gasteiger partial charge in [-0.25, -0.2) is 0 Å². The van der Waals surface area contributed by atoms with Crippen molar-refractivity contribution < 1.29 is 14.5 Å². The lowest BCUT2D eigenvalue weighted by Crippen LogP contribution is -2.23. The Morgan fingerprint density at radius 2 is 1.78 bits per heavy atom. The second kappa shape index (κ2) is 6.25. The van der Waals surface area contributed by atoms with Crippen LogP contribution in [0.15, 0.2) is 65.7 Å². The summed E-state index contributed by atoms with van der Waals surface area (Å²) in [5.74, 6) is -1.82. The van der Waals surface area contributed by atoms with Crippen molar-refractivity contribution in [1.82, 2.24) is 0 Å². The molecule has 3 aromatic rings. The summed E-state index contributed by atoms with van der Waals surface area (Å²) in [7, 11) is 0. The lowest BCUT2D eigenvalue weighted by molar-refractivity contribution is -0.384. The van der Waals surface area contributed by atoms with Crippen molar-refractivity contribution in [3.63, 3.8) is 0 Å². The van der Waals surface area contributed by atoms with Crippen molar-refractivity contribution >= 4 is 39.4 Å². The molecule has 0 fully saturated rings. The van der Waals surface area contributed by atoms with Gasteiger partial charge in [0, 0.05) is 28.6 Å². The molecule has 0 N–H and O–H groups in total. The fraction of sp³-hybridized carbons (Fsp3) is 0.0952. The normalized spacial score (nSPS) is 17.3. The van der Waals surface area contributed by atoms with Crippen LogP contribution in [0.4, 0.5) is 11.4 Å². The minimum atomic E-state index is -1.04. The van der Waals surface area contributed by atoms with Crippen molar-refractivity contribution in [2.24, 2.45) is 10.9 Å². The zero-order valence-corrected chi connectivity index (χ0v) is 14.4. The summed E-state index contributed by atoms with van der Waals surface area (Å²) in [5.41, 5.74) is 1.44. The van der Waals surface area contributed by atoms with Crippen molar-refractivity contribution in [3.05, 3.63) is 81.9 Å². The average molecular weight is 358 g/mol. The van der Waals surface area contributed by atoms with Crippen molar-refractivity contribution in [3.8, 4) is 0 Å². The quantitative estimate of drug-likeness (QED) is 0.397. The van der Waals surface area contributed by atoms with Crippen molar-refractivity contribution in [1.29, 1.82) is 0 Å². The van der Waals surface area contributed by atoms with E-state index in [-0.39, 0.29) is 17.0 Å². The number of nitrogens with zero attached hydrogens (tertiary/aromatic N) is 2. The molecule has 0 aliphatic heterocycles. The van der Waals surface area contributed by atoms with Gasteiger partial charge in [-0.3, -0.25) is 24.7 Å². The standard InChI is InChI=1S/C21H14N2O4/c1-12(24)19-20(16-10-9-14(23(26)27)11-17(16)21(19)25)22-18-8-4-6-13-5-2-3-7-15(13)18/h2-11,19H,1H3. The Morgan fingerprint density at radius 3 is 2.52 bits per heavy atom. The van der Waals surface area contributed by atoms with E-state index in [9.17, 15) is 19.7 Å². The first-order valence-electron chi connectivity index (χ1n) is 8.37. The van der Waals surface area contributed by atoms with Gasteiger partial charge in [0.15, 0.2) is 5.78 Å². The summed E-state index contributed by atoms with van der Waals surface area (Å²) < 4.78 is 0. The Bertz CT molecular complexity index is 1160. The third kappa shape index (κ3) is 2.71. The summed E-state index contributed by atoms with van der Waals surface area (Å²) in [6.07, 6.45) is 0. The molecular weight excluding hydrogens is 344 g/mol. The zero-order chi connectivity index (χ0) is 19.1. The van der Waals surface area contributed by atoms with E-state index in [0.717, 1.165) is 10.8 Å². The highest BCUT2D eigenvalue weighted by Crippen LogP contribution is 2.34. The van der Waals surface area contributed by atoms with E-state index in [1.807, 2.05) is 42.5 Å². The number of carbonyl (C=O) groups is 2. The molecule has 1 aliphatic carbocycles. The smallest absolute Gasteiger partial charge is 0.270 e. The van der Waals surface area contributed by atoms with Gasteiger partial charge in [-0.05, 0) is 24.4 Å². The van der Waals surface area contributed by atoms with Crippen molar-refractivity contribution in [2.75, 3.05) is 0 Å². The maximum atomic E-state index is 12.8. The first-order valence-corrected chi connectivity index (χ1v) is 8.37. The first-order chi connectivity index (χ1) is 13.0. The van der Waals surface area contributed by atoms with E-state index in [1.54, 1.807) is 0 Å². The van der Waals surface area contributed by atoms with Gasteiger partial charge < -0.3 is 0 Å². The lowest BCUT2D eigenvalue weighted by Gasteiger charge is -2.08. The number of benzene rings is 3. The number of hydrogen-bond acceptors (Lipinski definition) is 5. The summed E-state index contributed by atoms with van der Waals surface area (Å²) in [6.45, 7) is 1.33. The SMILES string of the molecule is CC(=O)C1C(=O)c2cc([N+](=O)[O-])ccc2C1=Nc1cccc2ccccc12. The largest absolute Gasteiger partial charge is 0.299 e. The molecule has 0 saturated heterocycles. The third-order valence-electron chi connectivity index (χ3n) is 4.71. The average Bonchev–Trinajstić information content (AvgIpc) is 2.93. The molecule has 1 aliphatic rings. The Kier molecular flexibility index (Phi) is 3.88. The summed E-state index contributed by atoms with van der Waals surface area (Å²) in [6, 6.07) is 17.4. The van der Waals surface area contributed by atoms with Crippen LogP contribution in [0, 0.1) is 16.0 Å². The minimum absolute atomic E-state index is 0.170. The maximum absolute atomic E-state index is 12.8. The topological polar surface area (TPSA) is 89.6 Å². The molecule has 1 unspecified atom stereocenters. The summed E-state index contributed by atoms with van der Waals surface area (Å²) in [5, 5.41) is 12.9. The number of non-ortho nitro benzene ring substituents is 1. The molecule has 0 aromatic heterocycles. The van der Waals surface area contributed by atoms with Gasteiger partial charge in [0.25, 0.3) is 5.69 Å². The molecule has 0 saturated carbocycles. The molecule has 0 radical (unpaired) electrons. The van der Waals surface area contributed by atoms with Crippen LogP contribution in [0.3, 0.4) is 0 Å². The number of nitro groups is 1. The predicted octanol–water partition coefficient (Wildman–Crippen LogP) is 4.27. The Balaban J connectivity index is 1.95. The van der Waals surface area contributed by atoms with E-state index >= 15 is 0 Å². The highest BCUT2D eigenvalue weighted by atomic mass is 16.6. The number of rotatable bonds is 3. The van der Waals surface area contributed by atoms with E-state index in [1.165, 1.54) is 25.1 Å². The minimum Gasteiger partial charge on any atom is -0.299 e. The molecule has 1 atom stereocenters. The predicted molar refractivity (Wildman–Crippen MR) is 102 cm³/mol. The van der Waals surface area contributed by atoms with Crippen LogP contribution in [-0.2, 0) is 4.79 Å². The van der Waals surface area contributed by atoms with Crippen LogP contribution >= 0.6 is 0 Å². The number of nitro benzene ring substituents is 1. The van der Waals surface area contributed by atoms with Crippen LogP contribution in [0.2, 0.25) is 0 Å². The van der Waals surface area contributed by atoms with Crippen LogP contribution in [0.25, 0.3) is 10.8 Å². The molecule has 6 nitrogen and oxygen atoms in total. The lowest BCUT2D eigenvalue weighted by atomic mass is 9.98. The van der Waals surface area contributed by atoms with Crippen LogP contribution in [-0.4, -0.2) is 22.2 Å². The molecule has 0 heterocycles. The van der Waals surface area contributed by atoms with Gasteiger partial charge in [-0.1, -0.05) is 36.4 Å². The van der Waals surface area contributed by atoms with Crippen LogP contribution in [0.5, 0.6) is 0 Å². The second-order valence-corrected chi connectivity index (χ2v) is 6.39. The van der Waals surface area contributed by atoms with E-state index in [2.05, 4.69) is 4.99 Å². The monoisotopic (exact) mass is 358 g/mol. The molecule has 0 spiro atoms. The van der Waals surface area contributed by atoms with Gasteiger partial charge >= 0.3 is 0 Å². The molecule has 0 bridgehead atoms. The molecule has 6 heteroatoms. The number of fused-ring (bicyclic) bond motifs is 2. The van der Waals surface area contributed by atoms with Crippen LogP contribution < -0.4 is 0 Å². The zero-order valence-electron chi connectivity index (χ0n) is 14.4. The van der Waals surface area contributed by atoms with E-state index in [4.69, 9.17) is 0 Å². The molecular formula is C21H14N2O4. The third-order valence-corrected chi connectivity index (χ3v) is 4.71. The Morgan fingerprint density at radius 1 is 1.04 bits per heavy atom. The molecule has 0 amide bonds. The van der Waals surface area contributed by atoms with Gasteiger partial charge in [0.1, 0.15) is 11.7 Å². The van der Waals surface area contributed by atoms with E-state index < -0.39 is 16.6 Å². The maximum Gasteiger partial charge on any atom is 0.270 e. The highest BCUT2D eigenvalue weighted by Gasteiger charge is 2.40. The van der Waals surface area contributed by atoms with E-state index in [0.29, 0.717) is 17.0 Å². The second-order valence-electron chi connectivity index (χ2n) is 6.39. The first kappa shape index (κ1) is 16.8. The van der Waals surface area contributed by atoms with Gasteiger partial charge in [-0.2, -0.15) is 0 Å². The van der Waals surface area contributed by atoms with Crippen molar-refractivity contribution in [2.45, 2.75) is 6.92 Å². The molecule has 3 aromatic carbocycles. The number of carbonyl (C=O) groups excluding carboxylic acids is 2. The van der Waals surface area contributed by atoms with Gasteiger partial charge in [0.05, 0.1) is 16.3 Å². The Labute approximate surface area is 154 Å². The Hall–Kier alpha value is -3.67. The number of ketones is 2. The number of hydrogen-bond donors (Lipinski definition) is 0. The summed E-state index contributed by atoms with van der Waals surface area (Å²) in [4.78, 5) is 40.1. The summed E-state index contributed by atoms with van der Waals surface area (Å²) >= 11 is 0. The fourth-order valence-electron chi connectivity index (χ4n) is 3.45. The molecule has 4 rings (SSSR count). The van der Waals surface area contributed by atoms with Crippen LogP contribution in [0.1, 0.15) is 22.8 Å². The van der Waals surface area contributed by atoms with Gasteiger partial charge in [0.2, 0.25) is 0 Å². The number of Topliss-reactive ketones (excluding diaryl/α,β-unsaturated/α-hetero) is 2.